The molecule has 0 saturated carbocycles. The van der Waals surface area contributed by atoms with E-state index in [0.29, 0.717) is 12.3 Å². The molecule has 0 unspecified atom stereocenters. The van der Waals surface area contributed by atoms with E-state index in [1.54, 1.807) is 14.2 Å². The summed E-state index contributed by atoms with van der Waals surface area (Å²) in [5.74, 6) is 2.02. The highest BCUT2D eigenvalue weighted by molar-refractivity contribution is 8.13. The Bertz CT molecular complexity index is 860. The van der Waals surface area contributed by atoms with Gasteiger partial charge in [0.05, 0.1) is 20.6 Å². The van der Waals surface area contributed by atoms with Gasteiger partial charge in [0.1, 0.15) is 11.5 Å². The van der Waals surface area contributed by atoms with Gasteiger partial charge in [-0.25, -0.2) is 0 Å². The van der Waals surface area contributed by atoms with Crippen LogP contribution in [0.15, 0.2) is 58.2 Å². The van der Waals surface area contributed by atoms with Crippen molar-refractivity contribution >= 4 is 16.9 Å². The zero-order valence-electron chi connectivity index (χ0n) is 14.5. The summed E-state index contributed by atoms with van der Waals surface area (Å²) in [6.07, 6.45) is 0.787. The second-order valence-electron chi connectivity index (χ2n) is 5.49. The lowest BCUT2D eigenvalue weighted by molar-refractivity contribution is -0.110. The number of ether oxygens (including phenoxy) is 2. The zero-order valence-corrected chi connectivity index (χ0v) is 15.3. The summed E-state index contributed by atoms with van der Waals surface area (Å²) in [6, 6.07) is 15.0. The van der Waals surface area contributed by atoms with Gasteiger partial charge in [0.15, 0.2) is 0 Å². The van der Waals surface area contributed by atoms with E-state index in [1.807, 2.05) is 48.5 Å². The maximum Gasteiger partial charge on any atom is 0.284 e. The summed E-state index contributed by atoms with van der Waals surface area (Å²) in [5, 5.41) is 8.13. The molecule has 6 nitrogen and oxygen atoms in total. The number of carbonyl (C=O) groups is 1. The van der Waals surface area contributed by atoms with Crippen molar-refractivity contribution in [2.75, 3.05) is 14.2 Å². The highest BCUT2D eigenvalue weighted by atomic mass is 32.2. The minimum atomic E-state index is -0.0604. The fraction of sp³-hybridized carbons (Fsp3) is 0.211. The van der Waals surface area contributed by atoms with Gasteiger partial charge in [-0.1, -0.05) is 24.3 Å². The van der Waals surface area contributed by atoms with Crippen molar-refractivity contribution in [2.24, 2.45) is 0 Å². The third kappa shape index (κ3) is 4.86. The lowest BCUT2D eigenvalue weighted by Gasteiger charge is -2.02. The van der Waals surface area contributed by atoms with E-state index in [2.05, 4.69) is 10.2 Å². The third-order valence-electron chi connectivity index (χ3n) is 3.67. The molecule has 3 rings (SSSR count). The molecule has 26 heavy (non-hydrogen) atoms. The number of benzene rings is 2. The highest BCUT2D eigenvalue weighted by Gasteiger charge is 2.13. The van der Waals surface area contributed by atoms with Crippen molar-refractivity contribution < 1.29 is 18.7 Å². The molecule has 0 saturated heterocycles. The Kier molecular flexibility index (Phi) is 5.91. The van der Waals surface area contributed by atoms with Crippen LogP contribution < -0.4 is 9.47 Å². The minimum absolute atomic E-state index is 0.0604. The van der Waals surface area contributed by atoms with E-state index < -0.39 is 0 Å². The van der Waals surface area contributed by atoms with Gasteiger partial charge in [0, 0.05) is 18.2 Å². The van der Waals surface area contributed by atoms with Crippen LogP contribution in [0.3, 0.4) is 0 Å². The van der Waals surface area contributed by atoms with Crippen LogP contribution in [0.2, 0.25) is 0 Å². The molecule has 0 radical (unpaired) electrons. The second-order valence-corrected chi connectivity index (χ2v) is 6.49. The van der Waals surface area contributed by atoms with E-state index in [0.717, 1.165) is 34.4 Å². The van der Waals surface area contributed by atoms with E-state index in [1.165, 1.54) is 0 Å². The average Bonchev–Trinajstić information content (AvgIpc) is 3.09. The first-order valence-corrected chi connectivity index (χ1v) is 8.77. The fourth-order valence-corrected chi connectivity index (χ4v) is 2.97. The van der Waals surface area contributed by atoms with Crippen LogP contribution in [0.1, 0.15) is 17.0 Å². The van der Waals surface area contributed by atoms with Gasteiger partial charge in [-0.15, -0.1) is 10.2 Å². The molecule has 3 aromatic rings. The lowest BCUT2D eigenvalue weighted by atomic mass is 10.1. The van der Waals surface area contributed by atoms with Crippen LogP contribution in [-0.2, 0) is 17.6 Å². The molecule has 0 aliphatic heterocycles. The molecular weight excluding hydrogens is 352 g/mol. The van der Waals surface area contributed by atoms with Crippen LogP contribution in [0.5, 0.6) is 11.5 Å². The van der Waals surface area contributed by atoms with Gasteiger partial charge < -0.3 is 13.9 Å². The van der Waals surface area contributed by atoms with Crippen LogP contribution >= 0.6 is 11.8 Å². The average molecular weight is 370 g/mol. The Hall–Kier alpha value is -2.80. The largest absolute Gasteiger partial charge is 0.497 e. The summed E-state index contributed by atoms with van der Waals surface area (Å²) in [6.45, 7) is 0. The van der Waals surface area contributed by atoms with Crippen molar-refractivity contribution in [1.29, 1.82) is 0 Å². The second kappa shape index (κ2) is 8.53. The SMILES string of the molecule is COc1ccc(CC(=O)Sc2nnc(Cc3ccc(OC)cc3)o2)cc1. The minimum Gasteiger partial charge on any atom is -0.497 e. The summed E-state index contributed by atoms with van der Waals surface area (Å²) < 4.78 is 15.8. The molecule has 0 spiro atoms. The van der Waals surface area contributed by atoms with Gasteiger partial charge in [0.25, 0.3) is 5.22 Å². The number of methoxy groups -OCH3 is 2. The molecule has 0 aliphatic rings. The summed E-state index contributed by atoms with van der Waals surface area (Å²) in [7, 11) is 3.23. The normalized spacial score (nSPS) is 10.5. The van der Waals surface area contributed by atoms with Crippen LogP contribution in [-0.4, -0.2) is 29.5 Å². The summed E-state index contributed by atoms with van der Waals surface area (Å²) >= 11 is 0.955. The maximum atomic E-state index is 12.2. The van der Waals surface area contributed by atoms with Crippen molar-refractivity contribution in [3.63, 3.8) is 0 Å². The molecule has 1 heterocycles. The van der Waals surface area contributed by atoms with Crippen molar-refractivity contribution in [2.45, 2.75) is 18.1 Å². The Labute approximate surface area is 155 Å². The molecular formula is C19H18N2O4S. The highest BCUT2D eigenvalue weighted by Crippen LogP contribution is 2.22. The third-order valence-corrected chi connectivity index (χ3v) is 4.38. The van der Waals surface area contributed by atoms with Gasteiger partial charge >= 0.3 is 0 Å². The summed E-state index contributed by atoms with van der Waals surface area (Å²) in [5.41, 5.74) is 1.93. The number of hydrogen-bond donors (Lipinski definition) is 0. The number of nitrogens with zero attached hydrogens (tertiary/aromatic N) is 2. The smallest absolute Gasteiger partial charge is 0.284 e. The first kappa shape index (κ1) is 18.0. The predicted molar refractivity (Wildman–Crippen MR) is 97.7 cm³/mol. The van der Waals surface area contributed by atoms with Crippen molar-refractivity contribution in [3.05, 3.63) is 65.5 Å². The topological polar surface area (TPSA) is 74.5 Å². The molecule has 2 aromatic carbocycles. The van der Waals surface area contributed by atoms with Gasteiger partial charge in [0.2, 0.25) is 11.0 Å². The van der Waals surface area contributed by atoms with Gasteiger partial charge in [-0.2, -0.15) is 0 Å². The van der Waals surface area contributed by atoms with Crippen molar-refractivity contribution in [3.8, 4) is 11.5 Å². The number of hydrogen-bond acceptors (Lipinski definition) is 7. The number of carbonyl (C=O) groups excluding carboxylic acids is 1. The summed E-state index contributed by atoms with van der Waals surface area (Å²) in [4.78, 5) is 12.2. The first-order valence-electron chi connectivity index (χ1n) is 7.95. The monoisotopic (exact) mass is 370 g/mol. The van der Waals surface area contributed by atoms with E-state index >= 15 is 0 Å². The molecule has 134 valence electrons. The number of aromatic nitrogens is 2. The van der Waals surface area contributed by atoms with E-state index in [9.17, 15) is 4.79 Å². The van der Waals surface area contributed by atoms with Crippen LogP contribution in [0.4, 0.5) is 0 Å². The predicted octanol–water partition coefficient (Wildman–Crippen LogP) is 3.54. The Morgan fingerprint density at radius 3 is 2.08 bits per heavy atom. The number of thioether (sulfide) groups is 1. The molecule has 0 fully saturated rings. The Balaban J connectivity index is 1.55. The van der Waals surface area contributed by atoms with E-state index in [4.69, 9.17) is 13.9 Å². The van der Waals surface area contributed by atoms with Crippen LogP contribution in [0, 0.1) is 0 Å². The lowest BCUT2D eigenvalue weighted by Crippen LogP contribution is -1.97. The Morgan fingerprint density at radius 1 is 0.923 bits per heavy atom. The molecule has 0 atom stereocenters. The molecule has 1 aromatic heterocycles. The Morgan fingerprint density at radius 2 is 1.50 bits per heavy atom. The van der Waals surface area contributed by atoms with E-state index in [-0.39, 0.29) is 16.8 Å². The quantitative estimate of drug-likeness (QED) is 0.589. The molecule has 0 bridgehead atoms. The zero-order chi connectivity index (χ0) is 18.4. The maximum absolute atomic E-state index is 12.2. The van der Waals surface area contributed by atoms with Gasteiger partial charge in [-0.05, 0) is 35.4 Å². The molecule has 0 aliphatic carbocycles. The fourth-order valence-electron chi connectivity index (χ4n) is 2.31. The van der Waals surface area contributed by atoms with Gasteiger partial charge in [-0.3, -0.25) is 4.79 Å². The molecule has 7 heteroatoms. The molecule has 0 amide bonds. The number of rotatable bonds is 7. The van der Waals surface area contributed by atoms with Crippen molar-refractivity contribution in [1.82, 2.24) is 10.2 Å². The van der Waals surface area contributed by atoms with Crippen LogP contribution in [0.25, 0.3) is 0 Å². The standard InChI is InChI=1S/C19H18N2O4S/c1-23-15-7-3-13(4-8-15)11-17-20-21-19(25-17)26-18(22)12-14-5-9-16(24-2)10-6-14/h3-10H,11-12H2,1-2H3. The molecule has 0 N–H and O–H groups in total. The first-order chi connectivity index (χ1) is 12.7.